The minimum Gasteiger partial charge on any atom is -0.465 e. The first-order chi connectivity index (χ1) is 8.13. The van der Waals surface area contributed by atoms with Crippen LogP contribution in [-0.4, -0.2) is 25.5 Å². The van der Waals surface area contributed by atoms with Gasteiger partial charge < -0.3 is 15.4 Å². The zero-order chi connectivity index (χ0) is 12.4. The van der Waals surface area contributed by atoms with Gasteiger partial charge in [-0.05, 0) is 24.6 Å². The number of ether oxygens (including phenoxy) is 1. The van der Waals surface area contributed by atoms with Crippen LogP contribution in [0.4, 0.5) is 11.4 Å². The number of hydrogen-bond acceptors (Lipinski definition) is 4. The topological polar surface area (TPSA) is 72.6 Å². The molecule has 0 bridgehead atoms. The predicted molar refractivity (Wildman–Crippen MR) is 63.8 cm³/mol. The van der Waals surface area contributed by atoms with Crippen LogP contribution >= 0.6 is 0 Å². The number of methoxy groups -OCH3 is 1. The fourth-order valence-corrected chi connectivity index (χ4v) is 1.95. The standard InChI is InChI=1S/C12H14N2O3/c1-17-12(16)8-4-5-10(9(13)7-8)14-6-2-3-11(14)15/h4-5,7H,2-3,6,13H2,1H3. The third-order valence-electron chi connectivity index (χ3n) is 2.81. The number of hydrogen-bond donors (Lipinski definition) is 1. The van der Waals surface area contributed by atoms with Crippen molar-refractivity contribution in [3.8, 4) is 0 Å². The van der Waals surface area contributed by atoms with Crippen LogP contribution in [0.2, 0.25) is 0 Å². The Morgan fingerprint density at radius 3 is 2.76 bits per heavy atom. The Morgan fingerprint density at radius 2 is 2.24 bits per heavy atom. The van der Waals surface area contributed by atoms with E-state index in [0.29, 0.717) is 29.9 Å². The number of nitrogen functional groups attached to an aromatic ring is 1. The summed E-state index contributed by atoms with van der Waals surface area (Å²) < 4.78 is 4.60. The average molecular weight is 234 g/mol. The molecule has 0 spiro atoms. The maximum absolute atomic E-state index is 11.6. The summed E-state index contributed by atoms with van der Waals surface area (Å²) >= 11 is 0. The van der Waals surface area contributed by atoms with Crippen molar-refractivity contribution in [3.05, 3.63) is 23.8 Å². The second-order valence-electron chi connectivity index (χ2n) is 3.91. The van der Waals surface area contributed by atoms with E-state index in [-0.39, 0.29) is 5.91 Å². The summed E-state index contributed by atoms with van der Waals surface area (Å²) in [6.45, 7) is 0.681. The molecule has 1 aromatic rings. The molecular weight excluding hydrogens is 220 g/mol. The molecule has 5 nitrogen and oxygen atoms in total. The summed E-state index contributed by atoms with van der Waals surface area (Å²) in [5, 5.41) is 0. The summed E-state index contributed by atoms with van der Waals surface area (Å²) in [4.78, 5) is 24.5. The van der Waals surface area contributed by atoms with Gasteiger partial charge in [-0.3, -0.25) is 4.79 Å². The Kier molecular flexibility index (Phi) is 2.99. The van der Waals surface area contributed by atoms with Gasteiger partial charge in [0.1, 0.15) is 0 Å². The first-order valence-electron chi connectivity index (χ1n) is 5.41. The molecule has 17 heavy (non-hydrogen) atoms. The number of anilines is 2. The zero-order valence-electron chi connectivity index (χ0n) is 9.60. The number of carbonyl (C=O) groups is 2. The van der Waals surface area contributed by atoms with Gasteiger partial charge in [0.15, 0.2) is 0 Å². The van der Waals surface area contributed by atoms with Gasteiger partial charge in [0.25, 0.3) is 0 Å². The third kappa shape index (κ3) is 2.08. The lowest BCUT2D eigenvalue weighted by Gasteiger charge is -2.18. The SMILES string of the molecule is COC(=O)c1ccc(N2CCCC2=O)c(N)c1. The highest BCUT2D eigenvalue weighted by atomic mass is 16.5. The van der Waals surface area contributed by atoms with Gasteiger partial charge in [-0.2, -0.15) is 0 Å². The minimum absolute atomic E-state index is 0.0718. The molecule has 1 aromatic carbocycles. The fourth-order valence-electron chi connectivity index (χ4n) is 1.95. The molecule has 0 atom stereocenters. The lowest BCUT2D eigenvalue weighted by molar-refractivity contribution is -0.117. The van der Waals surface area contributed by atoms with Gasteiger partial charge in [-0.15, -0.1) is 0 Å². The van der Waals surface area contributed by atoms with Crippen molar-refractivity contribution in [3.63, 3.8) is 0 Å². The second-order valence-corrected chi connectivity index (χ2v) is 3.91. The first-order valence-corrected chi connectivity index (χ1v) is 5.41. The van der Waals surface area contributed by atoms with E-state index < -0.39 is 5.97 Å². The zero-order valence-corrected chi connectivity index (χ0v) is 9.60. The van der Waals surface area contributed by atoms with Crippen LogP contribution in [-0.2, 0) is 9.53 Å². The minimum atomic E-state index is -0.434. The van der Waals surface area contributed by atoms with E-state index in [1.54, 1.807) is 17.0 Å². The molecule has 1 aliphatic rings. The molecule has 1 saturated heterocycles. The number of benzene rings is 1. The van der Waals surface area contributed by atoms with Crippen LogP contribution in [0.25, 0.3) is 0 Å². The molecular formula is C12H14N2O3. The Hall–Kier alpha value is -2.04. The monoisotopic (exact) mass is 234 g/mol. The maximum Gasteiger partial charge on any atom is 0.337 e. The van der Waals surface area contributed by atoms with E-state index >= 15 is 0 Å². The van der Waals surface area contributed by atoms with Crippen LogP contribution in [0.3, 0.4) is 0 Å². The molecule has 0 saturated carbocycles. The quantitative estimate of drug-likeness (QED) is 0.616. The highest BCUT2D eigenvalue weighted by molar-refractivity contribution is 5.99. The van der Waals surface area contributed by atoms with Crippen molar-refractivity contribution < 1.29 is 14.3 Å². The van der Waals surface area contributed by atoms with Gasteiger partial charge >= 0.3 is 5.97 Å². The summed E-state index contributed by atoms with van der Waals surface area (Å²) in [5.74, 6) is -0.362. The first kappa shape index (κ1) is 11.4. The largest absolute Gasteiger partial charge is 0.465 e. The van der Waals surface area contributed by atoms with Gasteiger partial charge in [-0.1, -0.05) is 0 Å². The molecule has 0 aromatic heterocycles. The summed E-state index contributed by atoms with van der Waals surface area (Å²) in [6, 6.07) is 4.83. The lowest BCUT2D eigenvalue weighted by atomic mass is 10.1. The van der Waals surface area contributed by atoms with Crippen LogP contribution in [0, 0.1) is 0 Å². The molecule has 2 N–H and O–H groups in total. The Balaban J connectivity index is 2.31. The van der Waals surface area contributed by atoms with Crippen molar-refractivity contribution in [2.45, 2.75) is 12.8 Å². The van der Waals surface area contributed by atoms with Crippen molar-refractivity contribution >= 4 is 23.3 Å². The van der Waals surface area contributed by atoms with Crippen LogP contribution in [0.15, 0.2) is 18.2 Å². The summed E-state index contributed by atoms with van der Waals surface area (Å²) in [6.07, 6.45) is 1.40. The van der Waals surface area contributed by atoms with Crippen molar-refractivity contribution in [1.29, 1.82) is 0 Å². The molecule has 1 heterocycles. The van der Waals surface area contributed by atoms with E-state index in [9.17, 15) is 9.59 Å². The van der Waals surface area contributed by atoms with Gasteiger partial charge in [0, 0.05) is 13.0 Å². The number of esters is 1. The second kappa shape index (κ2) is 4.45. The molecule has 1 fully saturated rings. The normalized spacial score (nSPS) is 15.1. The fraction of sp³-hybridized carbons (Fsp3) is 0.333. The highest BCUT2D eigenvalue weighted by Gasteiger charge is 2.23. The highest BCUT2D eigenvalue weighted by Crippen LogP contribution is 2.28. The predicted octanol–water partition coefficient (Wildman–Crippen LogP) is 1.18. The molecule has 0 radical (unpaired) electrons. The van der Waals surface area contributed by atoms with Crippen LogP contribution in [0.1, 0.15) is 23.2 Å². The molecule has 0 unspecified atom stereocenters. The molecule has 1 amide bonds. The molecule has 0 aliphatic carbocycles. The molecule has 5 heteroatoms. The Morgan fingerprint density at radius 1 is 1.47 bits per heavy atom. The molecule has 1 aliphatic heterocycles. The number of carbonyl (C=O) groups excluding carboxylic acids is 2. The number of rotatable bonds is 2. The van der Waals surface area contributed by atoms with E-state index in [0.717, 1.165) is 6.42 Å². The number of nitrogens with two attached hydrogens (primary N) is 1. The van der Waals surface area contributed by atoms with E-state index in [1.807, 2.05) is 0 Å². The Bertz CT molecular complexity index is 471. The smallest absolute Gasteiger partial charge is 0.337 e. The summed E-state index contributed by atoms with van der Waals surface area (Å²) in [5.41, 5.74) is 7.33. The number of amides is 1. The van der Waals surface area contributed by atoms with Crippen LogP contribution in [0.5, 0.6) is 0 Å². The van der Waals surface area contributed by atoms with Crippen LogP contribution < -0.4 is 10.6 Å². The van der Waals surface area contributed by atoms with E-state index in [4.69, 9.17) is 5.73 Å². The van der Waals surface area contributed by atoms with E-state index in [1.165, 1.54) is 13.2 Å². The average Bonchev–Trinajstić information content (AvgIpc) is 2.74. The van der Waals surface area contributed by atoms with Gasteiger partial charge in [0.2, 0.25) is 5.91 Å². The van der Waals surface area contributed by atoms with Crippen molar-refractivity contribution in [2.75, 3.05) is 24.3 Å². The third-order valence-corrected chi connectivity index (χ3v) is 2.81. The molecule has 90 valence electrons. The van der Waals surface area contributed by atoms with Gasteiger partial charge in [0.05, 0.1) is 24.0 Å². The molecule has 2 rings (SSSR count). The van der Waals surface area contributed by atoms with Gasteiger partial charge in [-0.25, -0.2) is 4.79 Å². The summed E-state index contributed by atoms with van der Waals surface area (Å²) in [7, 11) is 1.32. The van der Waals surface area contributed by atoms with E-state index in [2.05, 4.69) is 4.74 Å². The maximum atomic E-state index is 11.6. The van der Waals surface area contributed by atoms with Crippen molar-refractivity contribution in [2.24, 2.45) is 0 Å². The number of nitrogens with zero attached hydrogens (tertiary/aromatic N) is 1. The Labute approximate surface area is 99.2 Å². The van der Waals surface area contributed by atoms with Crippen molar-refractivity contribution in [1.82, 2.24) is 0 Å². The lowest BCUT2D eigenvalue weighted by Crippen LogP contribution is -2.24.